The van der Waals surface area contributed by atoms with Crippen LogP contribution in [0.5, 0.6) is 0 Å². The van der Waals surface area contributed by atoms with Crippen LogP contribution >= 0.6 is 7.26 Å². The van der Waals surface area contributed by atoms with Crippen molar-refractivity contribution in [1.82, 2.24) is 0 Å². The van der Waals surface area contributed by atoms with Gasteiger partial charge in [-0.25, -0.2) is 0 Å². The highest BCUT2D eigenvalue weighted by atomic mass is 79.9. The Bertz CT molecular complexity index is 941. The minimum absolute atomic E-state index is 0. The standard InChI is InChI=1S/C28H28OP.BrH/c1-24(13-12-14-25(2)23-29)21-22-30(26-15-6-3-7-16-26,27-17-8-4-9-18-27)28-19-10-5-11-20-28;/h3-21,23H,22H2,1-2H3;1H/q+1;/p-1. The van der Waals surface area contributed by atoms with E-state index in [2.05, 4.69) is 110 Å². The Balaban J connectivity index is 0.00000341. The highest BCUT2D eigenvalue weighted by molar-refractivity contribution is 7.95. The Morgan fingerprint density at radius 1 is 0.710 bits per heavy atom. The first-order valence-electron chi connectivity index (χ1n) is 10.2. The molecule has 3 aromatic carbocycles. The van der Waals surface area contributed by atoms with E-state index in [9.17, 15) is 4.79 Å². The molecule has 0 radical (unpaired) electrons. The number of benzene rings is 3. The first-order valence-corrected chi connectivity index (χ1v) is 12.2. The van der Waals surface area contributed by atoms with E-state index < -0.39 is 7.26 Å². The van der Waals surface area contributed by atoms with Gasteiger partial charge in [0.1, 0.15) is 29.5 Å². The van der Waals surface area contributed by atoms with Gasteiger partial charge in [-0.2, -0.15) is 0 Å². The van der Waals surface area contributed by atoms with Crippen LogP contribution in [0, 0.1) is 0 Å². The minimum Gasteiger partial charge on any atom is -1.00 e. The Kier molecular flexibility index (Phi) is 9.85. The molecule has 158 valence electrons. The minimum atomic E-state index is -1.85. The van der Waals surface area contributed by atoms with Gasteiger partial charge in [-0.3, -0.25) is 4.79 Å². The molecule has 0 aromatic heterocycles. The van der Waals surface area contributed by atoms with E-state index in [4.69, 9.17) is 0 Å². The topological polar surface area (TPSA) is 17.1 Å². The van der Waals surface area contributed by atoms with Crippen molar-refractivity contribution in [1.29, 1.82) is 0 Å². The summed E-state index contributed by atoms with van der Waals surface area (Å²) in [5.41, 5.74) is 1.91. The van der Waals surface area contributed by atoms with Gasteiger partial charge in [-0.1, -0.05) is 78.4 Å². The van der Waals surface area contributed by atoms with Crippen LogP contribution < -0.4 is 32.9 Å². The maximum absolute atomic E-state index is 10.8. The molecule has 0 heterocycles. The molecule has 0 saturated carbocycles. The molecule has 3 aromatic rings. The first kappa shape index (κ1) is 24.7. The van der Waals surface area contributed by atoms with Crippen LogP contribution in [0.15, 0.2) is 126 Å². The lowest BCUT2D eigenvalue weighted by Crippen LogP contribution is -3.00. The molecule has 0 amide bonds. The normalized spacial score (nSPS) is 12.5. The Morgan fingerprint density at radius 2 is 1.13 bits per heavy atom. The van der Waals surface area contributed by atoms with Gasteiger partial charge in [0.2, 0.25) is 0 Å². The van der Waals surface area contributed by atoms with E-state index in [1.54, 1.807) is 0 Å². The molecule has 1 nitrogen and oxygen atoms in total. The summed E-state index contributed by atoms with van der Waals surface area (Å²) in [5.74, 6) is 0. The molecular formula is C28H28BrOP. The Morgan fingerprint density at radius 3 is 1.52 bits per heavy atom. The van der Waals surface area contributed by atoms with Gasteiger partial charge in [0, 0.05) is 0 Å². The summed E-state index contributed by atoms with van der Waals surface area (Å²) in [6.45, 7) is 3.93. The van der Waals surface area contributed by atoms with Crippen molar-refractivity contribution in [2.45, 2.75) is 13.8 Å². The molecule has 0 saturated heterocycles. The SMILES string of the molecule is CC(C=O)=CC=CC(C)=CC[P+](c1ccccc1)(c1ccccc1)c1ccccc1.[Br-]. The molecule has 0 unspecified atom stereocenters. The summed E-state index contributed by atoms with van der Waals surface area (Å²) in [5, 5.41) is 4.14. The molecule has 0 N–H and O–H groups in total. The molecule has 0 aliphatic heterocycles. The second-order valence-electron chi connectivity index (χ2n) is 7.33. The third kappa shape index (κ3) is 6.23. The quantitative estimate of drug-likeness (QED) is 0.205. The molecule has 0 fully saturated rings. The largest absolute Gasteiger partial charge is 1.00 e. The number of carbonyl (C=O) groups is 1. The number of hydrogen-bond donors (Lipinski definition) is 0. The van der Waals surface area contributed by atoms with Crippen LogP contribution in [-0.2, 0) is 4.79 Å². The van der Waals surface area contributed by atoms with Gasteiger partial charge in [0.05, 0.1) is 6.16 Å². The molecule has 0 aliphatic carbocycles. The average Bonchev–Trinajstić information content (AvgIpc) is 2.81. The molecule has 3 heteroatoms. The summed E-state index contributed by atoms with van der Waals surface area (Å²) in [4.78, 5) is 10.8. The fourth-order valence-electron chi connectivity index (χ4n) is 3.55. The third-order valence-corrected chi connectivity index (χ3v) is 9.45. The summed E-state index contributed by atoms with van der Waals surface area (Å²) in [6, 6.07) is 32.7. The number of carbonyl (C=O) groups excluding carboxylic acids is 1. The zero-order chi connectivity index (χ0) is 21.2. The maximum atomic E-state index is 10.8. The first-order chi connectivity index (χ1) is 14.7. The van der Waals surface area contributed by atoms with Crippen LogP contribution in [0.25, 0.3) is 0 Å². The van der Waals surface area contributed by atoms with Crippen LogP contribution in [-0.4, -0.2) is 12.4 Å². The van der Waals surface area contributed by atoms with Crippen molar-refractivity contribution >= 4 is 29.5 Å². The van der Waals surface area contributed by atoms with Gasteiger partial charge >= 0.3 is 0 Å². The number of hydrogen-bond acceptors (Lipinski definition) is 1. The lowest BCUT2D eigenvalue weighted by molar-refractivity contribution is -0.104. The third-order valence-electron chi connectivity index (χ3n) is 5.18. The van der Waals surface area contributed by atoms with Crippen molar-refractivity contribution < 1.29 is 21.8 Å². The summed E-state index contributed by atoms with van der Waals surface area (Å²) < 4.78 is 0. The van der Waals surface area contributed by atoms with E-state index in [1.807, 2.05) is 19.1 Å². The molecule has 0 aliphatic rings. The van der Waals surface area contributed by atoms with Gasteiger partial charge in [0.25, 0.3) is 0 Å². The summed E-state index contributed by atoms with van der Waals surface area (Å²) >= 11 is 0. The number of aldehydes is 1. The molecular weight excluding hydrogens is 463 g/mol. The van der Waals surface area contributed by atoms with E-state index in [-0.39, 0.29) is 17.0 Å². The fraction of sp³-hybridized carbons (Fsp3) is 0.107. The average molecular weight is 491 g/mol. The number of allylic oxidation sites excluding steroid dienone is 6. The van der Waals surface area contributed by atoms with Gasteiger partial charge < -0.3 is 17.0 Å². The van der Waals surface area contributed by atoms with E-state index >= 15 is 0 Å². The van der Waals surface area contributed by atoms with Crippen molar-refractivity contribution in [2.75, 3.05) is 6.16 Å². The number of halogens is 1. The molecule has 3 rings (SSSR count). The van der Waals surface area contributed by atoms with Crippen LogP contribution in [0.4, 0.5) is 0 Å². The fourth-order valence-corrected chi connectivity index (χ4v) is 7.68. The van der Waals surface area contributed by atoms with Crippen molar-refractivity contribution in [3.8, 4) is 0 Å². The van der Waals surface area contributed by atoms with E-state index in [0.717, 1.165) is 18.0 Å². The van der Waals surface area contributed by atoms with Crippen LogP contribution in [0.3, 0.4) is 0 Å². The predicted molar refractivity (Wildman–Crippen MR) is 133 cm³/mol. The molecule has 0 atom stereocenters. The van der Waals surface area contributed by atoms with E-state index in [0.29, 0.717) is 0 Å². The molecule has 0 bridgehead atoms. The molecule has 31 heavy (non-hydrogen) atoms. The van der Waals surface area contributed by atoms with Crippen molar-refractivity contribution in [2.24, 2.45) is 0 Å². The lowest BCUT2D eigenvalue weighted by atomic mass is 10.2. The van der Waals surface area contributed by atoms with Crippen molar-refractivity contribution in [3.05, 3.63) is 126 Å². The second-order valence-corrected chi connectivity index (χ2v) is 10.9. The zero-order valence-corrected chi connectivity index (χ0v) is 20.5. The van der Waals surface area contributed by atoms with E-state index in [1.165, 1.54) is 21.5 Å². The summed E-state index contributed by atoms with van der Waals surface area (Å²) in [7, 11) is -1.85. The molecule has 0 spiro atoms. The predicted octanol–water partition coefficient (Wildman–Crippen LogP) is 2.63. The second kappa shape index (κ2) is 12.3. The lowest BCUT2D eigenvalue weighted by Gasteiger charge is -2.26. The van der Waals surface area contributed by atoms with Crippen LogP contribution in [0.1, 0.15) is 13.8 Å². The van der Waals surface area contributed by atoms with Gasteiger partial charge in [-0.05, 0) is 61.9 Å². The smallest absolute Gasteiger partial charge is 0.145 e. The van der Waals surface area contributed by atoms with Gasteiger partial charge in [-0.15, -0.1) is 0 Å². The summed E-state index contributed by atoms with van der Waals surface area (Å²) in [6.07, 6.45) is 10.0. The Labute approximate surface area is 197 Å². The van der Waals surface area contributed by atoms with Gasteiger partial charge in [0.15, 0.2) is 0 Å². The van der Waals surface area contributed by atoms with Crippen LogP contribution in [0.2, 0.25) is 0 Å². The van der Waals surface area contributed by atoms with Crippen molar-refractivity contribution in [3.63, 3.8) is 0 Å². The monoisotopic (exact) mass is 490 g/mol. The Hall–Kier alpha value is -2.54. The highest BCUT2D eigenvalue weighted by Gasteiger charge is 2.44. The highest BCUT2D eigenvalue weighted by Crippen LogP contribution is 2.55. The number of rotatable bonds is 8. The zero-order valence-electron chi connectivity index (χ0n) is 18.0. The maximum Gasteiger partial charge on any atom is 0.145 e.